The van der Waals surface area contributed by atoms with Gasteiger partial charge in [-0.25, -0.2) is 4.39 Å². The Morgan fingerprint density at radius 2 is 1.83 bits per heavy atom. The van der Waals surface area contributed by atoms with Crippen molar-refractivity contribution >= 4 is 26.7 Å². The molecule has 9 heteroatoms. The van der Waals surface area contributed by atoms with Crippen LogP contribution in [0.4, 0.5) is 4.39 Å². The number of aromatic nitrogens is 1. The van der Waals surface area contributed by atoms with Gasteiger partial charge in [0.25, 0.3) is 15.9 Å². The smallest absolute Gasteiger partial charge is 0.285 e. The Morgan fingerprint density at radius 3 is 2.53 bits per heavy atom. The minimum atomic E-state index is -3.87. The second-order valence-corrected chi connectivity index (χ2v) is 8.77. The quantitative estimate of drug-likeness (QED) is 0.734. The third-order valence-electron chi connectivity index (χ3n) is 5.24. The monoisotopic (exact) mass is 428 g/mol. The van der Waals surface area contributed by atoms with Gasteiger partial charge in [0.15, 0.2) is 0 Å². The number of nitrogens with zero attached hydrogens (tertiary/aromatic N) is 4. The van der Waals surface area contributed by atoms with Crippen molar-refractivity contribution in [1.29, 1.82) is 0 Å². The molecule has 2 aromatic rings. The van der Waals surface area contributed by atoms with E-state index in [1.54, 1.807) is 36.4 Å². The van der Waals surface area contributed by atoms with Crippen LogP contribution in [0, 0.1) is 5.82 Å². The normalized spacial score (nSPS) is 18.9. The van der Waals surface area contributed by atoms with Gasteiger partial charge in [-0.05, 0) is 43.2 Å². The van der Waals surface area contributed by atoms with Crippen LogP contribution in [0.2, 0.25) is 0 Å². The maximum absolute atomic E-state index is 13.3. The molecule has 0 N–H and O–H groups in total. The second kappa shape index (κ2) is 7.98. The lowest BCUT2D eigenvalue weighted by atomic mass is 10.1. The Kier molecular flexibility index (Phi) is 5.38. The minimum Gasteiger partial charge on any atom is -0.354 e. The van der Waals surface area contributed by atoms with Crippen molar-refractivity contribution in [3.63, 3.8) is 0 Å². The van der Waals surface area contributed by atoms with Crippen LogP contribution in [-0.2, 0) is 10.0 Å². The van der Waals surface area contributed by atoms with Crippen LogP contribution in [0.5, 0.6) is 0 Å². The standard InChI is InChI=1S/C21H21FN4O3S/c1-15-19(16-5-7-18(22)8-6-16)30(28,29)24-20(15)25-10-3-11-26(13-12-25)21(27)17-4-2-9-23-14-17/h2,4-9,14H,3,10-13H2,1H3. The SMILES string of the molecule is CC1=C(c2ccc(F)cc2)S(=O)(=O)N=C1N1CCCN(C(=O)c2cccnc2)CC1. The first-order valence-corrected chi connectivity index (χ1v) is 11.1. The van der Waals surface area contributed by atoms with E-state index in [9.17, 15) is 17.6 Å². The summed E-state index contributed by atoms with van der Waals surface area (Å²) in [6.07, 6.45) is 3.85. The zero-order valence-corrected chi connectivity index (χ0v) is 17.3. The van der Waals surface area contributed by atoms with E-state index in [-0.39, 0.29) is 10.8 Å². The molecule has 1 amide bonds. The van der Waals surface area contributed by atoms with Crippen LogP contribution >= 0.6 is 0 Å². The summed E-state index contributed by atoms with van der Waals surface area (Å²) in [4.78, 5) is 20.5. The van der Waals surface area contributed by atoms with Crippen molar-refractivity contribution in [2.24, 2.45) is 4.40 Å². The number of hydrogen-bond donors (Lipinski definition) is 0. The van der Waals surface area contributed by atoms with Gasteiger partial charge in [0, 0.05) is 44.1 Å². The lowest BCUT2D eigenvalue weighted by molar-refractivity contribution is 0.0763. The number of carbonyl (C=O) groups excluding carboxylic acids is 1. The van der Waals surface area contributed by atoms with Crippen LogP contribution in [-0.4, -0.2) is 61.1 Å². The molecule has 3 heterocycles. The Hall–Kier alpha value is -3.07. The van der Waals surface area contributed by atoms with Crippen molar-refractivity contribution in [2.45, 2.75) is 13.3 Å². The summed E-state index contributed by atoms with van der Waals surface area (Å²) < 4.78 is 42.7. The number of benzene rings is 1. The van der Waals surface area contributed by atoms with Crippen molar-refractivity contribution in [1.82, 2.24) is 14.8 Å². The van der Waals surface area contributed by atoms with E-state index in [0.717, 1.165) is 0 Å². The molecule has 0 spiro atoms. The molecule has 0 unspecified atom stereocenters. The highest BCUT2D eigenvalue weighted by Gasteiger charge is 2.34. The topological polar surface area (TPSA) is 82.9 Å². The first kappa shape index (κ1) is 20.2. The first-order chi connectivity index (χ1) is 14.4. The van der Waals surface area contributed by atoms with E-state index in [2.05, 4.69) is 9.38 Å². The predicted octanol–water partition coefficient (Wildman–Crippen LogP) is 2.54. The van der Waals surface area contributed by atoms with Crippen LogP contribution in [0.3, 0.4) is 0 Å². The molecule has 156 valence electrons. The molecule has 7 nitrogen and oxygen atoms in total. The summed E-state index contributed by atoms with van der Waals surface area (Å²) in [6, 6.07) is 8.81. The molecule has 0 atom stereocenters. The van der Waals surface area contributed by atoms with Crippen LogP contribution in [0.15, 0.2) is 58.8 Å². The van der Waals surface area contributed by atoms with E-state index in [1.165, 1.54) is 24.3 Å². The van der Waals surface area contributed by atoms with Crippen molar-refractivity contribution in [3.8, 4) is 0 Å². The summed E-state index contributed by atoms with van der Waals surface area (Å²) in [7, 11) is -3.87. The van der Waals surface area contributed by atoms with Gasteiger partial charge in [0.2, 0.25) is 0 Å². The first-order valence-electron chi connectivity index (χ1n) is 9.63. The van der Waals surface area contributed by atoms with Gasteiger partial charge in [-0.15, -0.1) is 4.40 Å². The number of rotatable bonds is 2. The molecule has 0 bridgehead atoms. The summed E-state index contributed by atoms with van der Waals surface area (Å²) in [6.45, 7) is 3.78. The van der Waals surface area contributed by atoms with Gasteiger partial charge in [0.05, 0.1) is 5.56 Å². The third-order valence-corrected chi connectivity index (χ3v) is 6.71. The van der Waals surface area contributed by atoms with Gasteiger partial charge < -0.3 is 9.80 Å². The van der Waals surface area contributed by atoms with E-state index in [1.807, 2.05) is 4.90 Å². The highest BCUT2D eigenvalue weighted by molar-refractivity contribution is 8.00. The van der Waals surface area contributed by atoms with Crippen LogP contribution in [0.1, 0.15) is 29.3 Å². The molecule has 4 rings (SSSR count). The molecule has 0 saturated carbocycles. The molecule has 1 aromatic heterocycles. The summed E-state index contributed by atoms with van der Waals surface area (Å²) >= 11 is 0. The predicted molar refractivity (Wildman–Crippen MR) is 112 cm³/mol. The fraction of sp³-hybridized carbons (Fsp3) is 0.286. The van der Waals surface area contributed by atoms with Gasteiger partial charge >= 0.3 is 0 Å². The largest absolute Gasteiger partial charge is 0.354 e. The molecular weight excluding hydrogens is 407 g/mol. The number of pyridine rings is 1. The number of hydrogen-bond acceptors (Lipinski definition) is 5. The molecule has 0 aliphatic carbocycles. The molecule has 2 aliphatic heterocycles. The highest BCUT2D eigenvalue weighted by Crippen LogP contribution is 2.33. The molecular formula is C21H21FN4O3S. The van der Waals surface area contributed by atoms with Crippen molar-refractivity contribution < 1.29 is 17.6 Å². The van der Waals surface area contributed by atoms with E-state index in [4.69, 9.17) is 0 Å². The van der Waals surface area contributed by atoms with Gasteiger partial charge in [-0.3, -0.25) is 9.78 Å². The Morgan fingerprint density at radius 1 is 1.07 bits per heavy atom. The zero-order valence-electron chi connectivity index (χ0n) is 16.5. The summed E-state index contributed by atoms with van der Waals surface area (Å²) in [5, 5.41) is 0. The van der Waals surface area contributed by atoms with E-state index >= 15 is 0 Å². The molecule has 30 heavy (non-hydrogen) atoms. The number of carbonyl (C=O) groups is 1. The molecule has 1 fully saturated rings. The van der Waals surface area contributed by atoms with Crippen molar-refractivity contribution in [2.75, 3.05) is 26.2 Å². The average molecular weight is 428 g/mol. The molecule has 1 aromatic carbocycles. The average Bonchev–Trinajstić information content (AvgIpc) is 2.90. The number of amidine groups is 1. The molecule has 2 aliphatic rings. The minimum absolute atomic E-state index is 0.0924. The molecule has 1 saturated heterocycles. The van der Waals surface area contributed by atoms with Gasteiger partial charge in [0.1, 0.15) is 16.6 Å². The molecule has 0 radical (unpaired) electrons. The lowest BCUT2D eigenvalue weighted by Gasteiger charge is -2.23. The van der Waals surface area contributed by atoms with Gasteiger partial charge in [-0.2, -0.15) is 8.42 Å². The Bertz CT molecular complexity index is 1130. The maximum atomic E-state index is 13.3. The maximum Gasteiger partial charge on any atom is 0.285 e. The highest BCUT2D eigenvalue weighted by atomic mass is 32.2. The van der Waals surface area contributed by atoms with Crippen molar-refractivity contribution in [3.05, 3.63) is 71.3 Å². The van der Waals surface area contributed by atoms with Crippen LogP contribution < -0.4 is 0 Å². The fourth-order valence-corrected chi connectivity index (χ4v) is 5.27. The second-order valence-electron chi connectivity index (χ2n) is 7.23. The van der Waals surface area contributed by atoms with E-state index < -0.39 is 15.8 Å². The number of amides is 1. The third kappa shape index (κ3) is 3.85. The fourth-order valence-electron chi connectivity index (χ4n) is 3.79. The van der Waals surface area contributed by atoms with Crippen LogP contribution in [0.25, 0.3) is 4.91 Å². The lowest BCUT2D eigenvalue weighted by Crippen LogP contribution is -2.37. The summed E-state index contributed by atoms with van der Waals surface area (Å²) in [5.74, 6) is -0.130. The van der Waals surface area contributed by atoms with Gasteiger partial charge in [-0.1, -0.05) is 12.1 Å². The van der Waals surface area contributed by atoms with E-state index in [0.29, 0.717) is 55.1 Å². The summed E-state index contributed by atoms with van der Waals surface area (Å²) in [5.41, 5.74) is 1.48. The Labute approximate surface area is 174 Å². The number of sulfonamides is 1. The number of halogens is 1. The Balaban J connectivity index is 1.56. The zero-order chi connectivity index (χ0) is 21.3.